The minimum Gasteiger partial charge on any atom is -0.476 e. The number of hydrogen-bond acceptors (Lipinski definition) is 6. The SMILES string of the molecule is CO[C@@H]1CC[C@H]2OCCN(C(=O)c3cnc(OCC4CC4)cn3)[C@@H]2C1. The zero-order valence-electron chi connectivity index (χ0n) is 14.6. The van der Waals surface area contributed by atoms with E-state index in [1.54, 1.807) is 13.3 Å². The number of hydrogen-bond donors (Lipinski definition) is 0. The van der Waals surface area contributed by atoms with E-state index >= 15 is 0 Å². The molecule has 2 heterocycles. The zero-order chi connectivity index (χ0) is 17.2. The molecule has 3 atom stereocenters. The fourth-order valence-electron chi connectivity index (χ4n) is 3.67. The Kier molecular flexibility index (Phi) is 4.85. The lowest BCUT2D eigenvalue weighted by Crippen LogP contribution is -2.57. The smallest absolute Gasteiger partial charge is 0.274 e. The molecule has 0 N–H and O–H groups in total. The summed E-state index contributed by atoms with van der Waals surface area (Å²) in [5, 5.41) is 0. The number of fused-ring (bicyclic) bond motifs is 1. The Morgan fingerprint density at radius 2 is 2.16 bits per heavy atom. The Balaban J connectivity index is 1.43. The van der Waals surface area contributed by atoms with Crippen LogP contribution in [0.15, 0.2) is 12.4 Å². The Morgan fingerprint density at radius 3 is 2.88 bits per heavy atom. The van der Waals surface area contributed by atoms with Crippen LogP contribution in [0.4, 0.5) is 0 Å². The Labute approximate surface area is 147 Å². The maximum Gasteiger partial charge on any atom is 0.274 e. The molecule has 2 aliphatic carbocycles. The van der Waals surface area contributed by atoms with E-state index in [-0.39, 0.29) is 24.2 Å². The molecule has 7 nitrogen and oxygen atoms in total. The van der Waals surface area contributed by atoms with Crippen molar-refractivity contribution in [1.29, 1.82) is 0 Å². The fourth-order valence-corrected chi connectivity index (χ4v) is 3.67. The van der Waals surface area contributed by atoms with Crippen LogP contribution in [0, 0.1) is 5.92 Å². The van der Waals surface area contributed by atoms with Gasteiger partial charge in [0.25, 0.3) is 5.91 Å². The van der Waals surface area contributed by atoms with Crippen LogP contribution in [0.1, 0.15) is 42.6 Å². The average molecular weight is 347 g/mol. The summed E-state index contributed by atoms with van der Waals surface area (Å²) in [5.74, 6) is 1.06. The van der Waals surface area contributed by atoms with Crippen molar-refractivity contribution in [3.8, 4) is 5.88 Å². The van der Waals surface area contributed by atoms with E-state index in [0.29, 0.717) is 37.3 Å². The number of methoxy groups -OCH3 is 1. The monoisotopic (exact) mass is 347 g/mol. The third-order valence-corrected chi connectivity index (χ3v) is 5.38. The van der Waals surface area contributed by atoms with Crippen molar-refractivity contribution < 1.29 is 19.0 Å². The lowest BCUT2D eigenvalue weighted by Gasteiger charge is -2.45. The van der Waals surface area contributed by atoms with Gasteiger partial charge < -0.3 is 19.1 Å². The molecule has 3 aliphatic rings. The molecule has 1 aromatic heterocycles. The predicted octanol–water partition coefficient (Wildman–Crippen LogP) is 1.67. The van der Waals surface area contributed by atoms with Crippen LogP contribution in [-0.4, -0.2) is 65.9 Å². The van der Waals surface area contributed by atoms with Crippen LogP contribution in [0.2, 0.25) is 0 Å². The first-order valence-corrected chi connectivity index (χ1v) is 9.15. The molecule has 3 fully saturated rings. The second-order valence-corrected chi connectivity index (χ2v) is 7.14. The summed E-state index contributed by atoms with van der Waals surface area (Å²) in [6.07, 6.45) is 8.51. The summed E-state index contributed by atoms with van der Waals surface area (Å²) in [4.78, 5) is 23.3. The minimum atomic E-state index is -0.0868. The van der Waals surface area contributed by atoms with Crippen LogP contribution in [0.3, 0.4) is 0 Å². The molecule has 1 aromatic rings. The number of aromatic nitrogens is 2. The number of nitrogens with zero attached hydrogens (tertiary/aromatic N) is 3. The summed E-state index contributed by atoms with van der Waals surface area (Å²) >= 11 is 0. The van der Waals surface area contributed by atoms with E-state index in [0.717, 1.165) is 19.3 Å². The van der Waals surface area contributed by atoms with Gasteiger partial charge in [-0.3, -0.25) is 4.79 Å². The number of amides is 1. The van der Waals surface area contributed by atoms with Gasteiger partial charge in [0.05, 0.1) is 43.9 Å². The van der Waals surface area contributed by atoms with Crippen molar-refractivity contribution in [1.82, 2.24) is 14.9 Å². The molecule has 2 saturated carbocycles. The number of rotatable bonds is 5. The number of morpholine rings is 1. The topological polar surface area (TPSA) is 73.8 Å². The Bertz CT molecular complexity index is 605. The lowest BCUT2D eigenvalue weighted by molar-refractivity contribution is -0.101. The molecule has 0 radical (unpaired) electrons. The van der Waals surface area contributed by atoms with Gasteiger partial charge in [0.1, 0.15) is 5.69 Å². The van der Waals surface area contributed by atoms with Gasteiger partial charge in [0.15, 0.2) is 0 Å². The molecule has 25 heavy (non-hydrogen) atoms. The third kappa shape index (κ3) is 3.77. The van der Waals surface area contributed by atoms with E-state index in [9.17, 15) is 4.79 Å². The first-order valence-electron chi connectivity index (χ1n) is 9.15. The van der Waals surface area contributed by atoms with Gasteiger partial charge >= 0.3 is 0 Å². The lowest BCUT2D eigenvalue weighted by atomic mass is 9.88. The van der Waals surface area contributed by atoms with Crippen molar-refractivity contribution >= 4 is 5.91 Å². The van der Waals surface area contributed by atoms with E-state index in [4.69, 9.17) is 14.2 Å². The molecule has 1 amide bonds. The molecule has 0 spiro atoms. The summed E-state index contributed by atoms with van der Waals surface area (Å²) < 4.78 is 17.0. The maximum absolute atomic E-state index is 12.9. The van der Waals surface area contributed by atoms with Crippen molar-refractivity contribution in [3.63, 3.8) is 0 Å². The standard InChI is InChI=1S/C18H25N3O4/c1-23-13-4-5-16-15(8-13)21(6-7-24-16)18(22)14-9-20-17(10-19-14)25-11-12-2-3-12/h9-10,12-13,15-16H,2-8,11H2,1H3/t13-,15-,16-/m1/s1. The molecule has 0 unspecified atom stereocenters. The van der Waals surface area contributed by atoms with Crippen molar-refractivity contribution in [2.24, 2.45) is 5.92 Å². The van der Waals surface area contributed by atoms with Crippen LogP contribution in [0.25, 0.3) is 0 Å². The third-order valence-electron chi connectivity index (χ3n) is 5.38. The predicted molar refractivity (Wildman–Crippen MR) is 89.5 cm³/mol. The van der Waals surface area contributed by atoms with Crippen LogP contribution >= 0.6 is 0 Å². The van der Waals surface area contributed by atoms with Gasteiger partial charge in [-0.1, -0.05) is 0 Å². The van der Waals surface area contributed by atoms with Crippen molar-refractivity contribution in [2.75, 3.05) is 26.9 Å². The summed E-state index contributed by atoms with van der Waals surface area (Å²) in [6.45, 7) is 1.84. The van der Waals surface area contributed by atoms with Gasteiger partial charge in [-0.2, -0.15) is 0 Å². The van der Waals surface area contributed by atoms with Gasteiger partial charge in [-0.15, -0.1) is 0 Å². The highest BCUT2D eigenvalue weighted by atomic mass is 16.5. The second-order valence-electron chi connectivity index (χ2n) is 7.14. The van der Waals surface area contributed by atoms with Gasteiger partial charge in [0, 0.05) is 13.7 Å². The largest absolute Gasteiger partial charge is 0.476 e. The molecule has 0 aromatic carbocycles. The van der Waals surface area contributed by atoms with E-state index in [1.165, 1.54) is 19.0 Å². The fraction of sp³-hybridized carbons (Fsp3) is 0.722. The molecule has 1 aliphatic heterocycles. The number of carbonyl (C=O) groups is 1. The summed E-state index contributed by atoms with van der Waals surface area (Å²) in [6, 6.07) is 0.0487. The van der Waals surface area contributed by atoms with Gasteiger partial charge in [-0.25, -0.2) is 9.97 Å². The van der Waals surface area contributed by atoms with Crippen LogP contribution in [-0.2, 0) is 9.47 Å². The molecule has 0 bridgehead atoms. The quantitative estimate of drug-likeness (QED) is 0.807. The first-order chi connectivity index (χ1) is 12.2. The Hall–Kier alpha value is -1.73. The average Bonchev–Trinajstić information content (AvgIpc) is 3.50. The highest BCUT2D eigenvalue weighted by Crippen LogP contribution is 2.31. The van der Waals surface area contributed by atoms with Crippen molar-refractivity contribution in [2.45, 2.75) is 50.4 Å². The van der Waals surface area contributed by atoms with E-state index < -0.39 is 0 Å². The zero-order valence-corrected chi connectivity index (χ0v) is 14.6. The van der Waals surface area contributed by atoms with Crippen LogP contribution < -0.4 is 4.74 Å². The Morgan fingerprint density at radius 1 is 1.28 bits per heavy atom. The van der Waals surface area contributed by atoms with Crippen LogP contribution in [0.5, 0.6) is 5.88 Å². The maximum atomic E-state index is 12.9. The van der Waals surface area contributed by atoms with E-state index in [1.807, 2.05) is 4.90 Å². The van der Waals surface area contributed by atoms with Gasteiger partial charge in [-0.05, 0) is 38.0 Å². The molecular formula is C18H25N3O4. The minimum absolute atomic E-state index is 0.0487. The normalized spacial score (nSPS) is 29.2. The molecule has 7 heteroatoms. The first kappa shape index (κ1) is 16.7. The van der Waals surface area contributed by atoms with Crippen molar-refractivity contribution in [3.05, 3.63) is 18.1 Å². The highest BCUT2D eigenvalue weighted by molar-refractivity contribution is 5.92. The molecule has 1 saturated heterocycles. The molecule has 4 rings (SSSR count). The second kappa shape index (κ2) is 7.25. The number of ether oxygens (including phenoxy) is 3. The number of carbonyl (C=O) groups excluding carboxylic acids is 1. The highest BCUT2D eigenvalue weighted by Gasteiger charge is 2.40. The molecule has 136 valence electrons. The summed E-state index contributed by atoms with van der Waals surface area (Å²) in [5.41, 5.74) is 0.360. The molecular weight excluding hydrogens is 322 g/mol. The van der Waals surface area contributed by atoms with Gasteiger partial charge in [0.2, 0.25) is 5.88 Å². The van der Waals surface area contributed by atoms with E-state index in [2.05, 4.69) is 9.97 Å². The summed E-state index contributed by atoms with van der Waals surface area (Å²) in [7, 11) is 1.73.